The SMILES string of the molecule is Cc1cc(C)n(Cc2cccc(NC(=O)c3ccn(COc4cc(C)c(Cl)c(C)c4)n3)c2)n1. The maximum Gasteiger partial charge on any atom is 0.276 e. The summed E-state index contributed by atoms with van der Waals surface area (Å²) in [6.45, 7) is 8.70. The van der Waals surface area contributed by atoms with E-state index in [1.54, 1.807) is 16.9 Å². The molecular weight excluding hydrogens is 438 g/mol. The third-order valence-corrected chi connectivity index (χ3v) is 5.86. The van der Waals surface area contributed by atoms with Crippen LogP contribution in [0.4, 0.5) is 5.69 Å². The van der Waals surface area contributed by atoms with E-state index in [1.807, 2.05) is 74.8 Å². The van der Waals surface area contributed by atoms with Crippen LogP contribution in [0.1, 0.15) is 38.6 Å². The first kappa shape index (κ1) is 22.6. The number of amides is 1. The summed E-state index contributed by atoms with van der Waals surface area (Å²) in [6.07, 6.45) is 1.71. The van der Waals surface area contributed by atoms with E-state index in [4.69, 9.17) is 16.3 Å². The van der Waals surface area contributed by atoms with Gasteiger partial charge in [0.1, 0.15) is 5.75 Å². The summed E-state index contributed by atoms with van der Waals surface area (Å²) in [6, 6.07) is 15.2. The topological polar surface area (TPSA) is 74.0 Å². The fourth-order valence-electron chi connectivity index (χ4n) is 3.64. The van der Waals surface area contributed by atoms with Crippen molar-refractivity contribution in [2.75, 3.05) is 5.32 Å². The van der Waals surface area contributed by atoms with Crippen LogP contribution in [0.3, 0.4) is 0 Å². The highest BCUT2D eigenvalue weighted by Gasteiger charge is 2.11. The molecule has 0 fully saturated rings. The van der Waals surface area contributed by atoms with Gasteiger partial charge in [-0.1, -0.05) is 23.7 Å². The van der Waals surface area contributed by atoms with Crippen LogP contribution in [0.2, 0.25) is 5.02 Å². The van der Waals surface area contributed by atoms with E-state index in [9.17, 15) is 4.79 Å². The van der Waals surface area contributed by atoms with Gasteiger partial charge in [0.2, 0.25) is 0 Å². The van der Waals surface area contributed by atoms with Gasteiger partial charge in [-0.3, -0.25) is 9.48 Å². The predicted octanol–water partition coefficient (Wildman–Crippen LogP) is 5.30. The zero-order valence-electron chi connectivity index (χ0n) is 19.1. The Morgan fingerprint density at radius 3 is 2.48 bits per heavy atom. The molecule has 33 heavy (non-hydrogen) atoms. The molecule has 2 heterocycles. The first-order chi connectivity index (χ1) is 15.8. The summed E-state index contributed by atoms with van der Waals surface area (Å²) in [7, 11) is 0. The van der Waals surface area contributed by atoms with Gasteiger partial charge in [0.15, 0.2) is 12.4 Å². The molecule has 0 saturated carbocycles. The lowest BCUT2D eigenvalue weighted by atomic mass is 10.1. The van der Waals surface area contributed by atoms with E-state index < -0.39 is 0 Å². The molecule has 1 N–H and O–H groups in total. The highest BCUT2D eigenvalue weighted by Crippen LogP contribution is 2.26. The summed E-state index contributed by atoms with van der Waals surface area (Å²) < 4.78 is 9.33. The van der Waals surface area contributed by atoms with Crippen LogP contribution in [0.5, 0.6) is 5.75 Å². The number of carbonyl (C=O) groups is 1. The monoisotopic (exact) mass is 463 g/mol. The van der Waals surface area contributed by atoms with Crippen molar-refractivity contribution in [3.05, 3.63) is 93.5 Å². The summed E-state index contributed by atoms with van der Waals surface area (Å²) in [5, 5.41) is 12.5. The first-order valence-corrected chi connectivity index (χ1v) is 11.0. The number of rotatable bonds is 7. The number of aryl methyl sites for hydroxylation is 4. The van der Waals surface area contributed by atoms with E-state index in [2.05, 4.69) is 15.5 Å². The normalized spacial score (nSPS) is 10.9. The van der Waals surface area contributed by atoms with Gasteiger partial charge in [0.05, 0.1) is 12.2 Å². The molecule has 1 amide bonds. The number of benzene rings is 2. The smallest absolute Gasteiger partial charge is 0.276 e. The van der Waals surface area contributed by atoms with E-state index in [0.29, 0.717) is 23.7 Å². The second kappa shape index (κ2) is 9.50. The predicted molar refractivity (Wildman–Crippen MR) is 129 cm³/mol. The quantitative estimate of drug-likeness (QED) is 0.403. The lowest BCUT2D eigenvalue weighted by Crippen LogP contribution is -2.14. The summed E-state index contributed by atoms with van der Waals surface area (Å²) in [5.74, 6) is 0.422. The second-order valence-electron chi connectivity index (χ2n) is 8.12. The average molecular weight is 464 g/mol. The number of aromatic nitrogens is 4. The van der Waals surface area contributed by atoms with Gasteiger partial charge >= 0.3 is 0 Å². The molecule has 170 valence electrons. The Balaban J connectivity index is 1.38. The molecule has 4 aromatic rings. The molecule has 0 radical (unpaired) electrons. The van der Waals surface area contributed by atoms with Crippen molar-refractivity contribution < 1.29 is 9.53 Å². The van der Waals surface area contributed by atoms with Crippen LogP contribution in [0, 0.1) is 27.7 Å². The molecule has 2 aromatic carbocycles. The molecule has 0 spiro atoms. The fourth-order valence-corrected chi connectivity index (χ4v) is 3.74. The van der Waals surface area contributed by atoms with Gasteiger partial charge in [0.25, 0.3) is 5.91 Å². The Labute approximate surface area is 197 Å². The van der Waals surface area contributed by atoms with Gasteiger partial charge in [-0.15, -0.1) is 0 Å². The van der Waals surface area contributed by atoms with Gasteiger partial charge in [-0.25, -0.2) is 4.68 Å². The molecule has 7 nitrogen and oxygen atoms in total. The summed E-state index contributed by atoms with van der Waals surface area (Å²) in [5.41, 5.74) is 6.05. The highest BCUT2D eigenvalue weighted by molar-refractivity contribution is 6.32. The standard InChI is InChI=1S/C25H26ClN5O2/c1-16-10-22(11-17(2)24(16)26)33-15-30-9-8-23(29-30)25(32)27-21-7-5-6-20(13-21)14-31-19(4)12-18(3)28-31/h5-13H,14-15H2,1-4H3,(H,27,32). The number of anilines is 1. The van der Waals surface area contributed by atoms with Gasteiger partial charge in [0, 0.05) is 22.6 Å². The first-order valence-electron chi connectivity index (χ1n) is 10.6. The lowest BCUT2D eigenvalue weighted by molar-refractivity contribution is 0.102. The largest absolute Gasteiger partial charge is 0.471 e. The Morgan fingerprint density at radius 2 is 1.79 bits per heavy atom. The number of hydrogen-bond acceptors (Lipinski definition) is 4. The van der Waals surface area contributed by atoms with Crippen molar-refractivity contribution in [1.82, 2.24) is 19.6 Å². The van der Waals surface area contributed by atoms with Crippen LogP contribution in [-0.4, -0.2) is 25.5 Å². The third kappa shape index (κ3) is 5.43. The van der Waals surface area contributed by atoms with Crippen molar-refractivity contribution in [2.45, 2.75) is 41.0 Å². The molecule has 0 saturated heterocycles. The molecular formula is C25H26ClN5O2. The van der Waals surface area contributed by atoms with E-state index in [0.717, 1.165) is 33.1 Å². The number of ether oxygens (including phenoxy) is 1. The van der Waals surface area contributed by atoms with Crippen LogP contribution >= 0.6 is 11.6 Å². The molecule has 0 aliphatic rings. The van der Waals surface area contributed by atoms with Gasteiger partial charge in [-0.05, 0) is 80.8 Å². The molecule has 8 heteroatoms. The van der Waals surface area contributed by atoms with Crippen molar-refractivity contribution in [1.29, 1.82) is 0 Å². The summed E-state index contributed by atoms with van der Waals surface area (Å²) >= 11 is 6.21. The van der Waals surface area contributed by atoms with Gasteiger partial charge in [-0.2, -0.15) is 10.2 Å². The number of nitrogens with zero attached hydrogens (tertiary/aromatic N) is 4. The molecule has 4 rings (SSSR count). The molecule has 0 aliphatic carbocycles. The van der Waals surface area contributed by atoms with Crippen molar-refractivity contribution in [3.63, 3.8) is 0 Å². The van der Waals surface area contributed by atoms with Crippen molar-refractivity contribution in [3.8, 4) is 5.75 Å². The molecule has 0 atom stereocenters. The Morgan fingerprint density at radius 1 is 1.03 bits per heavy atom. The molecule has 0 unspecified atom stereocenters. The minimum Gasteiger partial charge on any atom is -0.471 e. The Hall–Kier alpha value is -3.58. The van der Waals surface area contributed by atoms with Crippen LogP contribution in [0.25, 0.3) is 0 Å². The summed E-state index contributed by atoms with van der Waals surface area (Å²) in [4.78, 5) is 12.7. The molecule has 0 aliphatic heterocycles. The number of nitrogens with one attached hydrogen (secondary N) is 1. The van der Waals surface area contributed by atoms with Crippen LogP contribution in [0.15, 0.2) is 54.7 Å². The van der Waals surface area contributed by atoms with Gasteiger partial charge < -0.3 is 10.1 Å². The maximum atomic E-state index is 12.7. The highest BCUT2D eigenvalue weighted by atomic mass is 35.5. The fraction of sp³-hybridized carbons (Fsp3) is 0.240. The number of hydrogen-bond donors (Lipinski definition) is 1. The maximum absolute atomic E-state index is 12.7. The van der Waals surface area contributed by atoms with Crippen LogP contribution < -0.4 is 10.1 Å². The minimum atomic E-state index is -0.282. The molecule has 2 aromatic heterocycles. The third-order valence-electron chi connectivity index (χ3n) is 5.27. The molecule has 0 bridgehead atoms. The Kier molecular flexibility index (Phi) is 6.51. The average Bonchev–Trinajstić information content (AvgIpc) is 3.37. The van der Waals surface area contributed by atoms with E-state index in [1.165, 1.54) is 0 Å². The Bertz CT molecular complexity index is 1280. The lowest BCUT2D eigenvalue weighted by Gasteiger charge is -2.10. The van der Waals surface area contributed by atoms with E-state index >= 15 is 0 Å². The number of carbonyl (C=O) groups excluding carboxylic acids is 1. The van der Waals surface area contributed by atoms with E-state index in [-0.39, 0.29) is 12.6 Å². The zero-order chi connectivity index (χ0) is 23.5. The minimum absolute atomic E-state index is 0.186. The zero-order valence-corrected chi connectivity index (χ0v) is 19.8. The van der Waals surface area contributed by atoms with Crippen molar-refractivity contribution in [2.24, 2.45) is 0 Å². The second-order valence-corrected chi connectivity index (χ2v) is 8.50. The number of halogens is 1. The van der Waals surface area contributed by atoms with Crippen molar-refractivity contribution >= 4 is 23.2 Å². The van der Waals surface area contributed by atoms with Crippen LogP contribution in [-0.2, 0) is 13.3 Å².